The Balaban J connectivity index is 2.98. The lowest BCUT2D eigenvalue weighted by molar-refractivity contribution is 0.335. The van der Waals surface area contributed by atoms with Crippen molar-refractivity contribution in [2.24, 2.45) is 15.9 Å². The molecule has 104 valence electrons. The molecule has 1 rings (SSSR count). The highest BCUT2D eigenvalue weighted by Crippen LogP contribution is 2.23. The molecule has 0 saturated heterocycles. The van der Waals surface area contributed by atoms with Crippen molar-refractivity contribution >= 4 is 19.9 Å². The first-order valence-electron chi connectivity index (χ1n) is 6.52. The molecule has 0 aliphatic carbocycles. The van der Waals surface area contributed by atoms with Crippen LogP contribution >= 0.6 is 0 Å². The Labute approximate surface area is 112 Å². The fourth-order valence-electron chi connectivity index (χ4n) is 2.07. The van der Waals surface area contributed by atoms with Crippen LogP contribution in [0, 0.1) is 5.92 Å². The van der Waals surface area contributed by atoms with Crippen LogP contribution in [0.1, 0.15) is 13.8 Å². The van der Waals surface area contributed by atoms with Gasteiger partial charge in [0.1, 0.15) is 12.1 Å². The predicted molar refractivity (Wildman–Crippen MR) is 79.5 cm³/mol. The first-order chi connectivity index (χ1) is 8.28. The van der Waals surface area contributed by atoms with E-state index in [9.17, 15) is 0 Å². The largest absolute Gasteiger partial charge is 0.483 e. The van der Waals surface area contributed by atoms with Gasteiger partial charge in [-0.25, -0.2) is 9.98 Å². The van der Waals surface area contributed by atoms with Gasteiger partial charge in [-0.3, -0.25) is 0 Å². The van der Waals surface area contributed by atoms with E-state index in [1.54, 1.807) is 14.2 Å². The molecule has 18 heavy (non-hydrogen) atoms. The highest BCUT2D eigenvalue weighted by molar-refractivity contribution is 6.76. The second kappa shape index (κ2) is 5.86. The molecule has 1 aliphatic rings. The van der Waals surface area contributed by atoms with E-state index in [0.717, 1.165) is 17.8 Å². The maximum Gasteiger partial charge on any atom is 0.209 e. The summed E-state index contributed by atoms with van der Waals surface area (Å²) in [5.74, 6) is 1.87. The Kier molecular flexibility index (Phi) is 4.96. The highest BCUT2D eigenvalue weighted by Gasteiger charge is 2.33. The molecule has 1 aliphatic heterocycles. The van der Waals surface area contributed by atoms with Crippen molar-refractivity contribution in [1.29, 1.82) is 0 Å². The average Bonchev–Trinajstić information content (AvgIpc) is 2.25. The normalized spacial score (nSPS) is 24.7. The molecule has 0 fully saturated rings. The first kappa shape index (κ1) is 15.2. The van der Waals surface area contributed by atoms with E-state index in [4.69, 9.17) is 14.5 Å². The third-order valence-electron chi connectivity index (χ3n) is 2.94. The van der Waals surface area contributed by atoms with Crippen molar-refractivity contribution in [2.45, 2.75) is 51.6 Å². The van der Waals surface area contributed by atoms with Crippen molar-refractivity contribution < 1.29 is 9.47 Å². The monoisotopic (exact) mass is 270 g/mol. The number of hydrogen-bond donors (Lipinski definition) is 0. The molecule has 0 unspecified atom stereocenters. The molecule has 4 nitrogen and oxygen atoms in total. The van der Waals surface area contributed by atoms with Gasteiger partial charge < -0.3 is 9.47 Å². The Morgan fingerprint density at radius 1 is 1.06 bits per heavy atom. The summed E-state index contributed by atoms with van der Waals surface area (Å²) in [6, 6.07) is 1.06. The van der Waals surface area contributed by atoms with Crippen molar-refractivity contribution in [2.75, 3.05) is 14.2 Å². The van der Waals surface area contributed by atoms with Crippen LogP contribution in [0.5, 0.6) is 0 Å². The minimum Gasteiger partial charge on any atom is -0.483 e. The van der Waals surface area contributed by atoms with Crippen molar-refractivity contribution in [1.82, 2.24) is 0 Å². The molecule has 0 aromatic rings. The molecule has 0 bridgehead atoms. The number of methoxy groups -OCH3 is 2. The summed E-state index contributed by atoms with van der Waals surface area (Å²) in [7, 11) is 2.14. The third-order valence-corrected chi connectivity index (χ3v) is 4.55. The van der Waals surface area contributed by atoms with E-state index < -0.39 is 8.07 Å². The molecular weight excluding hydrogens is 244 g/mol. The zero-order valence-corrected chi connectivity index (χ0v) is 13.7. The maximum atomic E-state index is 5.43. The van der Waals surface area contributed by atoms with Crippen molar-refractivity contribution in [3.8, 4) is 0 Å². The van der Waals surface area contributed by atoms with Gasteiger partial charge in [-0.05, 0) is 12.0 Å². The van der Waals surface area contributed by atoms with E-state index in [1.807, 2.05) is 0 Å². The molecule has 0 aromatic carbocycles. The molecule has 0 N–H and O–H groups in total. The summed E-state index contributed by atoms with van der Waals surface area (Å²) < 4.78 is 10.8. The van der Waals surface area contributed by atoms with E-state index in [2.05, 4.69) is 38.5 Å². The summed E-state index contributed by atoms with van der Waals surface area (Å²) in [6.07, 6.45) is 0. The van der Waals surface area contributed by atoms with Crippen LogP contribution in [0.4, 0.5) is 0 Å². The summed E-state index contributed by atoms with van der Waals surface area (Å²) in [4.78, 5) is 9.39. The molecule has 0 spiro atoms. The number of ether oxygens (including phenoxy) is 2. The SMILES string of the molecule is COC1=N[C@H](C(C)C)C(OC)=N[C@H]1C[Si](C)(C)C. The number of hydrogen-bond acceptors (Lipinski definition) is 4. The Morgan fingerprint density at radius 3 is 2.00 bits per heavy atom. The third kappa shape index (κ3) is 3.83. The van der Waals surface area contributed by atoms with E-state index in [0.29, 0.717) is 5.92 Å². The standard InChI is InChI=1S/C13H26N2O2Si/c1-9(2)11-13(17-4)14-10(8-18(5,6)7)12(15-11)16-3/h9-11H,8H2,1-7H3/t10-,11+/m0/s1. The second-order valence-electron chi connectivity index (χ2n) is 6.31. The van der Waals surface area contributed by atoms with E-state index in [1.165, 1.54) is 0 Å². The molecular formula is C13H26N2O2Si. The fourth-order valence-corrected chi connectivity index (χ4v) is 3.50. The minimum absolute atomic E-state index is 0.0113. The van der Waals surface area contributed by atoms with Gasteiger partial charge in [-0.2, -0.15) is 0 Å². The van der Waals surface area contributed by atoms with Gasteiger partial charge in [0.05, 0.1) is 14.2 Å². The van der Waals surface area contributed by atoms with Crippen molar-refractivity contribution in [3.05, 3.63) is 0 Å². The van der Waals surface area contributed by atoms with Crippen LogP contribution in [0.2, 0.25) is 25.7 Å². The van der Waals surface area contributed by atoms with Gasteiger partial charge in [0, 0.05) is 8.07 Å². The summed E-state index contributed by atoms with van der Waals surface area (Å²) in [5.41, 5.74) is 0. The first-order valence-corrected chi connectivity index (χ1v) is 10.2. The summed E-state index contributed by atoms with van der Waals surface area (Å²) >= 11 is 0. The van der Waals surface area contributed by atoms with Gasteiger partial charge in [-0.1, -0.05) is 33.5 Å². The Hall–Kier alpha value is -0.843. The lowest BCUT2D eigenvalue weighted by atomic mass is 10.0. The zero-order valence-electron chi connectivity index (χ0n) is 12.7. The van der Waals surface area contributed by atoms with Crippen LogP contribution in [0.15, 0.2) is 9.98 Å². The van der Waals surface area contributed by atoms with Gasteiger partial charge in [-0.15, -0.1) is 0 Å². The molecule has 0 radical (unpaired) electrons. The topological polar surface area (TPSA) is 43.2 Å². The summed E-state index contributed by atoms with van der Waals surface area (Å²) in [5, 5.41) is 0. The van der Waals surface area contributed by atoms with Gasteiger partial charge >= 0.3 is 0 Å². The fraction of sp³-hybridized carbons (Fsp3) is 0.846. The molecule has 5 heteroatoms. The lowest BCUT2D eigenvalue weighted by Crippen LogP contribution is -2.40. The average molecular weight is 270 g/mol. The van der Waals surface area contributed by atoms with Crippen LogP contribution in [-0.4, -0.2) is 46.2 Å². The zero-order chi connectivity index (χ0) is 13.9. The second-order valence-corrected chi connectivity index (χ2v) is 11.8. The van der Waals surface area contributed by atoms with Gasteiger partial charge in [0.25, 0.3) is 0 Å². The van der Waals surface area contributed by atoms with Crippen molar-refractivity contribution in [3.63, 3.8) is 0 Å². The van der Waals surface area contributed by atoms with Crippen LogP contribution < -0.4 is 0 Å². The van der Waals surface area contributed by atoms with Gasteiger partial charge in [0.15, 0.2) is 0 Å². The van der Waals surface area contributed by atoms with E-state index >= 15 is 0 Å². The quantitative estimate of drug-likeness (QED) is 0.740. The molecule has 2 atom stereocenters. The Bertz CT molecular complexity index is 345. The summed E-state index contributed by atoms with van der Waals surface area (Å²) in [6.45, 7) is 11.2. The van der Waals surface area contributed by atoms with Gasteiger partial charge in [0.2, 0.25) is 11.8 Å². The molecule has 0 amide bonds. The smallest absolute Gasteiger partial charge is 0.209 e. The number of aliphatic imine (C=N–C) groups is 2. The Morgan fingerprint density at radius 2 is 1.61 bits per heavy atom. The maximum absolute atomic E-state index is 5.43. The number of nitrogens with zero attached hydrogens (tertiary/aromatic N) is 2. The lowest BCUT2D eigenvalue weighted by Gasteiger charge is -2.29. The van der Waals surface area contributed by atoms with Crippen LogP contribution in [0.25, 0.3) is 0 Å². The predicted octanol–water partition coefficient (Wildman–Crippen LogP) is 2.82. The number of rotatable bonds is 3. The minimum atomic E-state index is -1.22. The van der Waals surface area contributed by atoms with E-state index in [-0.39, 0.29) is 12.1 Å². The van der Waals surface area contributed by atoms with Crippen LogP contribution in [0.3, 0.4) is 0 Å². The van der Waals surface area contributed by atoms with Crippen LogP contribution in [-0.2, 0) is 9.47 Å². The highest BCUT2D eigenvalue weighted by atomic mass is 28.3. The molecule has 1 heterocycles. The molecule has 0 saturated carbocycles. The molecule has 0 aromatic heterocycles.